The number of hydrogen-bond acceptors (Lipinski definition) is 6. The Morgan fingerprint density at radius 1 is 0.284 bits per heavy atom. The monoisotopic (exact) mass is 947 g/mol. The summed E-state index contributed by atoms with van der Waals surface area (Å²) in [5.41, 5.74) is 0. The van der Waals surface area contributed by atoms with Crippen LogP contribution < -0.4 is 0 Å². The molecule has 0 radical (unpaired) electrons. The predicted octanol–water partition coefficient (Wildman–Crippen LogP) is 20.0. The van der Waals surface area contributed by atoms with Crippen LogP contribution in [-0.2, 0) is 28.6 Å². The van der Waals surface area contributed by atoms with Crippen molar-refractivity contribution in [1.29, 1.82) is 0 Å². The van der Waals surface area contributed by atoms with Gasteiger partial charge < -0.3 is 14.2 Å². The minimum absolute atomic E-state index is 0.0634. The molecule has 0 aliphatic rings. The van der Waals surface area contributed by atoms with Crippen LogP contribution in [-0.4, -0.2) is 37.2 Å². The summed E-state index contributed by atoms with van der Waals surface area (Å²) in [5, 5.41) is 0. The first-order valence-electron chi connectivity index (χ1n) is 30.2. The molecule has 0 spiro atoms. The molecule has 0 aromatic rings. The molecular weight excluding hydrogens is 829 g/mol. The van der Waals surface area contributed by atoms with E-state index in [0.717, 1.165) is 69.6 Å². The number of esters is 3. The topological polar surface area (TPSA) is 78.9 Å². The van der Waals surface area contributed by atoms with Crippen LogP contribution in [0.3, 0.4) is 0 Å². The van der Waals surface area contributed by atoms with E-state index in [2.05, 4.69) is 34.6 Å². The maximum Gasteiger partial charge on any atom is 0.306 e. The van der Waals surface area contributed by atoms with Crippen LogP contribution in [0, 0.1) is 11.8 Å². The van der Waals surface area contributed by atoms with Gasteiger partial charge in [0.2, 0.25) is 0 Å². The van der Waals surface area contributed by atoms with Gasteiger partial charge in [-0.3, -0.25) is 14.4 Å². The van der Waals surface area contributed by atoms with E-state index in [4.69, 9.17) is 14.2 Å². The molecule has 1 atom stereocenters. The molecule has 0 bridgehead atoms. The number of carbonyl (C=O) groups is 3. The van der Waals surface area contributed by atoms with E-state index in [1.807, 2.05) is 0 Å². The molecule has 398 valence electrons. The third-order valence-electron chi connectivity index (χ3n) is 14.0. The Bertz CT molecular complexity index is 1020. The SMILES string of the molecule is CCCCCCCCCCCCCCCCCCCCCC(=O)OC[C@H](COC(=O)CCCCCCCCC(C)C)OC(=O)CCCCCCCCCCCCCCCCCCCCC(C)C. The fourth-order valence-electron chi connectivity index (χ4n) is 9.40. The minimum Gasteiger partial charge on any atom is -0.462 e. The second-order valence-electron chi connectivity index (χ2n) is 21.9. The fourth-order valence-corrected chi connectivity index (χ4v) is 9.40. The van der Waals surface area contributed by atoms with E-state index in [1.54, 1.807) is 0 Å². The second kappa shape index (κ2) is 53.8. The molecule has 0 fully saturated rings. The number of unbranched alkanes of at least 4 members (excludes halogenated alkanes) is 40. The Labute approximate surface area is 418 Å². The number of ether oxygens (including phenoxy) is 3. The summed E-state index contributed by atoms with van der Waals surface area (Å²) in [7, 11) is 0. The van der Waals surface area contributed by atoms with Crippen LogP contribution in [0.5, 0.6) is 0 Å². The molecule has 0 rings (SSSR count). The van der Waals surface area contributed by atoms with E-state index in [1.165, 1.54) is 231 Å². The van der Waals surface area contributed by atoms with Gasteiger partial charge in [-0.15, -0.1) is 0 Å². The van der Waals surface area contributed by atoms with Gasteiger partial charge in [0.1, 0.15) is 13.2 Å². The highest BCUT2D eigenvalue weighted by molar-refractivity contribution is 5.71. The molecule has 0 aromatic carbocycles. The molecule has 0 saturated heterocycles. The van der Waals surface area contributed by atoms with Gasteiger partial charge in [-0.1, -0.05) is 304 Å². The predicted molar refractivity (Wildman–Crippen MR) is 289 cm³/mol. The number of hydrogen-bond donors (Lipinski definition) is 0. The Balaban J connectivity index is 4.18. The van der Waals surface area contributed by atoms with Crippen molar-refractivity contribution >= 4 is 17.9 Å². The fraction of sp³-hybridized carbons (Fsp3) is 0.951. The van der Waals surface area contributed by atoms with Gasteiger partial charge >= 0.3 is 17.9 Å². The van der Waals surface area contributed by atoms with Crippen molar-refractivity contribution in [2.75, 3.05) is 13.2 Å². The maximum atomic E-state index is 12.9. The minimum atomic E-state index is -0.763. The van der Waals surface area contributed by atoms with Gasteiger partial charge in [0.05, 0.1) is 0 Å². The first kappa shape index (κ1) is 65.4. The highest BCUT2D eigenvalue weighted by Crippen LogP contribution is 2.19. The zero-order valence-electron chi connectivity index (χ0n) is 46.0. The van der Waals surface area contributed by atoms with E-state index in [0.29, 0.717) is 19.3 Å². The van der Waals surface area contributed by atoms with E-state index < -0.39 is 6.10 Å². The van der Waals surface area contributed by atoms with E-state index >= 15 is 0 Å². The van der Waals surface area contributed by atoms with Crippen molar-refractivity contribution in [1.82, 2.24) is 0 Å². The summed E-state index contributed by atoms with van der Waals surface area (Å²) in [6.07, 6.45) is 58.4. The van der Waals surface area contributed by atoms with Gasteiger partial charge in [0.25, 0.3) is 0 Å². The lowest BCUT2D eigenvalue weighted by Crippen LogP contribution is -2.30. The van der Waals surface area contributed by atoms with Crippen molar-refractivity contribution in [3.63, 3.8) is 0 Å². The lowest BCUT2D eigenvalue weighted by molar-refractivity contribution is -0.167. The molecule has 0 aliphatic heterocycles. The smallest absolute Gasteiger partial charge is 0.306 e. The lowest BCUT2D eigenvalue weighted by Gasteiger charge is -2.18. The molecule has 0 aromatic heterocycles. The Morgan fingerprint density at radius 2 is 0.493 bits per heavy atom. The lowest BCUT2D eigenvalue weighted by atomic mass is 10.0. The Kier molecular flexibility index (Phi) is 52.5. The number of carbonyl (C=O) groups excluding carboxylic acids is 3. The van der Waals surface area contributed by atoms with Crippen LogP contribution in [0.2, 0.25) is 0 Å². The van der Waals surface area contributed by atoms with Crippen molar-refractivity contribution in [2.45, 2.75) is 349 Å². The van der Waals surface area contributed by atoms with Crippen molar-refractivity contribution in [2.24, 2.45) is 11.8 Å². The van der Waals surface area contributed by atoms with Crippen LogP contribution >= 0.6 is 0 Å². The Hall–Kier alpha value is -1.59. The quantitative estimate of drug-likeness (QED) is 0.0343. The molecule has 67 heavy (non-hydrogen) atoms. The molecule has 6 nitrogen and oxygen atoms in total. The maximum absolute atomic E-state index is 12.9. The zero-order chi connectivity index (χ0) is 48.9. The van der Waals surface area contributed by atoms with Crippen molar-refractivity contribution in [3.8, 4) is 0 Å². The summed E-state index contributed by atoms with van der Waals surface area (Å²) in [5.74, 6) is 0.778. The summed E-state index contributed by atoms with van der Waals surface area (Å²) < 4.78 is 16.9. The van der Waals surface area contributed by atoms with Crippen molar-refractivity contribution in [3.05, 3.63) is 0 Å². The van der Waals surface area contributed by atoms with Crippen LogP contribution in [0.15, 0.2) is 0 Å². The molecule has 0 saturated carbocycles. The molecule has 0 N–H and O–H groups in total. The highest BCUT2D eigenvalue weighted by Gasteiger charge is 2.19. The summed E-state index contributed by atoms with van der Waals surface area (Å²) >= 11 is 0. The van der Waals surface area contributed by atoms with E-state index in [9.17, 15) is 14.4 Å². The molecule has 6 heteroatoms. The standard InChI is InChI=1S/C61H118O6/c1-6-7-8-9-10-11-12-13-14-15-16-20-23-26-29-32-35-41-46-51-59(62)65-54-58(55-66-60(63)52-47-42-38-37-40-45-50-57(4)5)67-61(64)53-48-43-36-33-30-27-24-21-18-17-19-22-25-28-31-34-39-44-49-56(2)3/h56-58H,6-55H2,1-5H3/t58-/m1/s1. The largest absolute Gasteiger partial charge is 0.462 e. The van der Waals surface area contributed by atoms with E-state index in [-0.39, 0.29) is 31.1 Å². The zero-order valence-corrected chi connectivity index (χ0v) is 46.0. The molecular formula is C61H118O6. The van der Waals surface area contributed by atoms with Gasteiger partial charge in [0, 0.05) is 19.3 Å². The Morgan fingerprint density at radius 3 is 0.731 bits per heavy atom. The first-order chi connectivity index (χ1) is 32.7. The van der Waals surface area contributed by atoms with Gasteiger partial charge in [0.15, 0.2) is 6.10 Å². The summed E-state index contributed by atoms with van der Waals surface area (Å²) in [6.45, 7) is 11.4. The normalized spacial score (nSPS) is 12.0. The van der Waals surface area contributed by atoms with Gasteiger partial charge in [-0.25, -0.2) is 0 Å². The van der Waals surface area contributed by atoms with Crippen molar-refractivity contribution < 1.29 is 28.6 Å². The molecule has 0 aliphatic carbocycles. The third kappa shape index (κ3) is 55.2. The van der Waals surface area contributed by atoms with Crippen LogP contribution in [0.4, 0.5) is 0 Å². The highest BCUT2D eigenvalue weighted by atomic mass is 16.6. The molecule has 0 heterocycles. The third-order valence-corrected chi connectivity index (χ3v) is 14.0. The van der Waals surface area contributed by atoms with Crippen LogP contribution in [0.25, 0.3) is 0 Å². The number of rotatable bonds is 55. The van der Waals surface area contributed by atoms with Gasteiger partial charge in [-0.05, 0) is 31.1 Å². The summed E-state index contributed by atoms with van der Waals surface area (Å²) in [4.78, 5) is 38.1. The second-order valence-corrected chi connectivity index (χ2v) is 21.9. The molecule has 0 unspecified atom stereocenters. The first-order valence-corrected chi connectivity index (χ1v) is 30.2. The van der Waals surface area contributed by atoms with Crippen LogP contribution in [0.1, 0.15) is 343 Å². The summed E-state index contributed by atoms with van der Waals surface area (Å²) in [6, 6.07) is 0. The van der Waals surface area contributed by atoms with Gasteiger partial charge in [-0.2, -0.15) is 0 Å². The average molecular weight is 948 g/mol. The average Bonchev–Trinajstić information content (AvgIpc) is 3.30. The molecule has 0 amide bonds.